The van der Waals surface area contributed by atoms with Crippen LogP contribution in [0.25, 0.3) is 0 Å². The smallest absolute Gasteiger partial charge is 0.216 e. The normalized spacial score (nSPS) is 13.4. The third-order valence-corrected chi connectivity index (χ3v) is 4.27. The van der Waals surface area contributed by atoms with Crippen molar-refractivity contribution in [1.29, 1.82) is 0 Å². The van der Waals surface area contributed by atoms with E-state index in [0.29, 0.717) is 16.3 Å². The van der Waals surface area contributed by atoms with Gasteiger partial charge in [0.2, 0.25) is 10.0 Å². The zero-order valence-corrected chi connectivity index (χ0v) is 11.9. The number of sulfonamides is 1. The number of halogens is 1. The molecule has 6 heteroatoms. The molecule has 4 nitrogen and oxygen atoms in total. The highest BCUT2D eigenvalue weighted by molar-refractivity contribution is 7.88. The van der Waals surface area contributed by atoms with Gasteiger partial charge in [-0.2, -0.15) is 0 Å². The summed E-state index contributed by atoms with van der Waals surface area (Å²) in [5.41, 5.74) is 0.684. The predicted molar refractivity (Wildman–Crippen MR) is 74.3 cm³/mol. The molecule has 0 aliphatic heterocycles. The van der Waals surface area contributed by atoms with Gasteiger partial charge in [-0.15, -0.1) is 0 Å². The van der Waals surface area contributed by atoms with Crippen molar-refractivity contribution < 1.29 is 12.8 Å². The Labute approximate surface area is 117 Å². The van der Waals surface area contributed by atoms with E-state index in [1.807, 2.05) is 0 Å². The van der Waals surface area contributed by atoms with Crippen molar-refractivity contribution in [1.82, 2.24) is 4.72 Å². The molecule has 1 atom stereocenters. The lowest BCUT2D eigenvalue weighted by Gasteiger charge is -2.12. The topological polar surface area (TPSA) is 59.3 Å². The third kappa shape index (κ3) is 4.09. The first kappa shape index (κ1) is 14.1. The lowest BCUT2D eigenvalue weighted by atomic mass is 10.2. The van der Waals surface area contributed by atoms with Crippen molar-refractivity contribution in [3.8, 4) is 0 Å². The molecule has 0 spiro atoms. The van der Waals surface area contributed by atoms with E-state index in [1.54, 1.807) is 43.3 Å². The van der Waals surface area contributed by atoms with Crippen LogP contribution in [0.2, 0.25) is 5.02 Å². The van der Waals surface area contributed by atoms with Gasteiger partial charge in [0, 0.05) is 5.02 Å². The van der Waals surface area contributed by atoms with Crippen LogP contribution in [-0.4, -0.2) is 8.42 Å². The molecule has 0 radical (unpaired) electrons. The Bertz CT molecular complexity index is 620. The van der Waals surface area contributed by atoms with Crippen molar-refractivity contribution in [2.45, 2.75) is 18.7 Å². The number of hydrogen-bond donors (Lipinski definition) is 1. The molecule has 0 fully saturated rings. The maximum absolute atomic E-state index is 12.0. The summed E-state index contributed by atoms with van der Waals surface area (Å²) in [6.07, 6.45) is 1.51. The molecule has 1 N–H and O–H groups in total. The van der Waals surface area contributed by atoms with Crippen LogP contribution in [0.1, 0.15) is 24.3 Å². The summed E-state index contributed by atoms with van der Waals surface area (Å²) in [7, 11) is -3.43. The van der Waals surface area contributed by atoms with Crippen molar-refractivity contribution in [3.05, 3.63) is 59.0 Å². The van der Waals surface area contributed by atoms with Gasteiger partial charge in [0.05, 0.1) is 18.1 Å². The monoisotopic (exact) mass is 299 g/mol. The van der Waals surface area contributed by atoms with Crippen LogP contribution in [0.4, 0.5) is 0 Å². The van der Waals surface area contributed by atoms with Gasteiger partial charge in [0.15, 0.2) is 0 Å². The van der Waals surface area contributed by atoms with E-state index >= 15 is 0 Å². The summed E-state index contributed by atoms with van der Waals surface area (Å²) < 4.78 is 31.7. The Kier molecular flexibility index (Phi) is 4.29. The van der Waals surface area contributed by atoms with Gasteiger partial charge in [-0.1, -0.05) is 23.7 Å². The number of benzene rings is 1. The highest BCUT2D eigenvalue weighted by Gasteiger charge is 2.18. The summed E-state index contributed by atoms with van der Waals surface area (Å²) in [4.78, 5) is 0. The standard InChI is InChI=1S/C13H14ClNO3S/c1-10(13-3-2-8-18-13)15-19(16,17)9-11-4-6-12(14)7-5-11/h2-8,10,15H,9H2,1H3. The van der Waals surface area contributed by atoms with Crippen molar-refractivity contribution in [2.24, 2.45) is 0 Å². The van der Waals surface area contributed by atoms with E-state index < -0.39 is 16.1 Å². The Morgan fingerprint density at radius 2 is 1.95 bits per heavy atom. The summed E-state index contributed by atoms with van der Waals surface area (Å²) in [6, 6.07) is 9.78. The van der Waals surface area contributed by atoms with E-state index in [2.05, 4.69) is 4.72 Å². The fourth-order valence-electron chi connectivity index (χ4n) is 1.71. The summed E-state index contributed by atoms with van der Waals surface area (Å²) in [6.45, 7) is 1.73. The van der Waals surface area contributed by atoms with Crippen molar-refractivity contribution in [2.75, 3.05) is 0 Å². The molecular weight excluding hydrogens is 286 g/mol. The summed E-state index contributed by atoms with van der Waals surface area (Å²) in [5.74, 6) is 0.495. The molecular formula is C13H14ClNO3S. The number of rotatable bonds is 5. The van der Waals surface area contributed by atoms with Gasteiger partial charge in [-0.3, -0.25) is 0 Å². The molecule has 0 bridgehead atoms. The lowest BCUT2D eigenvalue weighted by Crippen LogP contribution is -2.27. The molecule has 19 heavy (non-hydrogen) atoms. The molecule has 1 aromatic carbocycles. The lowest BCUT2D eigenvalue weighted by molar-refractivity contribution is 0.459. The second-order valence-corrected chi connectivity index (χ2v) is 6.43. The molecule has 0 saturated carbocycles. The van der Waals surface area contributed by atoms with E-state index in [0.717, 1.165) is 0 Å². The highest BCUT2D eigenvalue weighted by atomic mass is 35.5. The van der Waals surface area contributed by atoms with Crippen LogP contribution in [0, 0.1) is 0 Å². The van der Waals surface area contributed by atoms with Gasteiger partial charge in [-0.05, 0) is 36.8 Å². The molecule has 0 aliphatic carbocycles. The van der Waals surface area contributed by atoms with Crippen LogP contribution >= 0.6 is 11.6 Å². The molecule has 0 amide bonds. The van der Waals surface area contributed by atoms with Crippen LogP contribution in [0.15, 0.2) is 47.1 Å². The first-order chi connectivity index (χ1) is 8.96. The molecule has 102 valence electrons. The average Bonchev–Trinajstić information content (AvgIpc) is 2.85. The zero-order chi connectivity index (χ0) is 13.9. The fourth-order valence-corrected chi connectivity index (χ4v) is 3.20. The van der Waals surface area contributed by atoms with Crippen molar-refractivity contribution >= 4 is 21.6 Å². The molecule has 1 aromatic heterocycles. The van der Waals surface area contributed by atoms with Gasteiger partial charge >= 0.3 is 0 Å². The van der Waals surface area contributed by atoms with Crippen LogP contribution in [0.5, 0.6) is 0 Å². The maximum Gasteiger partial charge on any atom is 0.216 e. The molecule has 2 aromatic rings. The van der Waals surface area contributed by atoms with Crippen LogP contribution < -0.4 is 4.72 Å². The van der Waals surface area contributed by atoms with E-state index in [1.165, 1.54) is 6.26 Å². The maximum atomic E-state index is 12.0. The minimum Gasteiger partial charge on any atom is -0.468 e. The second-order valence-electron chi connectivity index (χ2n) is 4.24. The second kappa shape index (κ2) is 5.77. The minimum atomic E-state index is -3.43. The Morgan fingerprint density at radius 1 is 1.26 bits per heavy atom. The third-order valence-electron chi connectivity index (χ3n) is 2.60. The molecule has 1 heterocycles. The van der Waals surface area contributed by atoms with Gasteiger partial charge < -0.3 is 4.42 Å². The van der Waals surface area contributed by atoms with E-state index in [-0.39, 0.29) is 5.75 Å². The number of nitrogens with one attached hydrogen (secondary N) is 1. The first-order valence-electron chi connectivity index (χ1n) is 5.74. The SMILES string of the molecule is CC(NS(=O)(=O)Cc1ccc(Cl)cc1)c1ccco1. The molecule has 2 rings (SSSR count). The molecule has 0 saturated heterocycles. The molecule has 1 unspecified atom stereocenters. The average molecular weight is 300 g/mol. The quantitative estimate of drug-likeness (QED) is 0.923. The zero-order valence-electron chi connectivity index (χ0n) is 10.3. The van der Waals surface area contributed by atoms with E-state index in [9.17, 15) is 8.42 Å². The van der Waals surface area contributed by atoms with Gasteiger partial charge in [-0.25, -0.2) is 13.1 Å². The Balaban J connectivity index is 2.04. The minimum absolute atomic E-state index is 0.0881. The Morgan fingerprint density at radius 3 is 2.53 bits per heavy atom. The fraction of sp³-hybridized carbons (Fsp3) is 0.231. The van der Waals surface area contributed by atoms with Gasteiger partial charge in [0.25, 0.3) is 0 Å². The summed E-state index contributed by atoms with van der Waals surface area (Å²) >= 11 is 5.76. The molecule has 0 aliphatic rings. The largest absolute Gasteiger partial charge is 0.468 e. The van der Waals surface area contributed by atoms with E-state index in [4.69, 9.17) is 16.0 Å². The highest BCUT2D eigenvalue weighted by Crippen LogP contribution is 2.16. The Hall–Kier alpha value is -1.30. The predicted octanol–water partition coefficient (Wildman–Crippen LogP) is 3.11. The van der Waals surface area contributed by atoms with Gasteiger partial charge in [0.1, 0.15) is 5.76 Å². The van der Waals surface area contributed by atoms with Crippen LogP contribution in [0.3, 0.4) is 0 Å². The number of furan rings is 1. The number of hydrogen-bond acceptors (Lipinski definition) is 3. The van der Waals surface area contributed by atoms with Crippen molar-refractivity contribution in [3.63, 3.8) is 0 Å². The van der Waals surface area contributed by atoms with Crippen LogP contribution in [-0.2, 0) is 15.8 Å². The summed E-state index contributed by atoms with van der Waals surface area (Å²) in [5, 5.41) is 0.582. The first-order valence-corrected chi connectivity index (χ1v) is 7.77.